The van der Waals surface area contributed by atoms with E-state index in [9.17, 15) is 52.7 Å². The van der Waals surface area contributed by atoms with Crippen LogP contribution in [0.5, 0.6) is 0 Å². The van der Waals surface area contributed by atoms with Gasteiger partial charge in [-0.3, -0.25) is 52.7 Å². The first-order chi connectivity index (χ1) is 41.5. The first-order valence-corrected chi connectivity index (χ1v) is 28.9. The zero-order valence-electron chi connectivity index (χ0n) is 51.1. The van der Waals surface area contributed by atoms with Crippen LogP contribution in [0.1, 0.15) is 128 Å². The van der Waals surface area contributed by atoms with E-state index in [0.717, 1.165) is 59.8 Å². The van der Waals surface area contributed by atoms with Gasteiger partial charge in [0.15, 0.2) is 37.0 Å². The lowest BCUT2D eigenvalue weighted by atomic mass is 9.96. The van der Waals surface area contributed by atoms with Gasteiger partial charge in [-0.05, 0) is 24.6 Å². The summed E-state index contributed by atoms with van der Waals surface area (Å²) in [6.45, 7) is 11.2. The number of rotatable bonds is 40. The molecule has 0 spiro atoms. The Balaban J connectivity index is 1.50. The maximum absolute atomic E-state index is 13.4. The number of esters is 6. The van der Waals surface area contributed by atoms with Gasteiger partial charge in [-0.15, -0.1) is 0 Å². The van der Waals surface area contributed by atoms with Crippen LogP contribution in [-0.2, 0) is 109 Å². The standard InChI is InChI=1S/C57H87N5O25/c1-10-11-12-13-14-15-16-47(71)62-44-30-42(54(72)58-17-19-74-21-23-76-25-27-78-56-48(60-34(2)63)52(84-40(8)69)50(82-38(6)67)45(86-56)32-80-36(4)65)29-43(31-44)55(73)59-18-20-75-22-24-77-26-28-79-57-49(61-35(3)64)53(85-41(9)70)51(83-39(7)68)46(87-57)33-81-37(5)66/h29-31,45-46,48-53,56-57H,10-28,32-33H2,1-9H3,(H,58,72)(H,59,73)(H,60,63)(H,61,64)(H,62,71)/t45-,46-,48-,49-,50+,51+,52-,53-,56?,57?/m1/s1. The number of nitrogens with one attached hydrogen (secondary N) is 5. The van der Waals surface area contributed by atoms with Crippen LogP contribution < -0.4 is 26.6 Å². The SMILES string of the molecule is CCCCCCCCC(=O)Nc1cc(C(=O)NCCOCCOCCOC2O[C@H](COC(C)=O)[C@H](OC(C)=O)[C@H](OC(C)=O)[C@H]2NC(C)=O)cc(C(=O)NCCOCCOCCOC2O[C@H](COC(C)=O)[C@H](OC(C)=O)[C@H](OC(C)=O)[C@H]2NC(C)=O)c1. The maximum Gasteiger partial charge on any atom is 0.303 e. The van der Waals surface area contributed by atoms with E-state index in [0.29, 0.717) is 6.42 Å². The summed E-state index contributed by atoms with van der Waals surface area (Å²) in [6.07, 6.45) is -3.80. The molecule has 10 atom stereocenters. The molecule has 2 saturated heterocycles. The fraction of sp³-hybridized carbons (Fsp3) is 0.702. The summed E-state index contributed by atoms with van der Waals surface area (Å²) in [5, 5.41) is 13.5. The number of hydrogen-bond donors (Lipinski definition) is 5. The van der Waals surface area contributed by atoms with Crippen LogP contribution in [0.4, 0.5) is 5.69 Å². The summed E-state index contributed by atoms with van der Waals surface area (Å²) in [5.41, 5.74) is 0.435. The van der Waals surface area contributed by atoms with E-state index in [2.05, 4.69) is 33.5 Å². The average Bonchev–Trinajstić information content (AvgIpc) is 1.33. The number of carbonyl (C=O) groups is 11. The van der Waals surface area contributed by atoms with E-state index in [4.69, 9.17) is 66.3 Å². The van der Waals surface area contributed by atoms with E-state index in [-0.39, 0.29) is 122 Å². The van der Waals surface area contributed by atoms with E-state index in [1.54, 1.807) is 0 Å². The molecular weight excluding hydrogens is 1150 g/mol. The lowest BCUT2D eigenvalue weighted by Gasteiger charge is -2.44. The molecule has 0 radical (unpaired) electrons. The largest absolute Gasteiger partial charge is 0.463 e. The van der Waals surface area contributed by atoms with Crippen LogP contribution in [0.15, 0.2) is 18.2 Å². The molecule has 0 saturated carbocycles. The number of amides is 5. The van der Waals surface area contributed by atoms with Gasteiger partial charge in [-0.2, -0.15) is 0 Å². The molecule has 2 fully saturated rings. The van der Waals surface area contributed by atoms with Crippen LogP contribution in [0.25, 0.3) is 0 Å². The Hall–Kier alpha value is -6.93. The monoisotopic (exact) mass is 1240 g/mol. The summed E-state index contributed by atoms with van der Waals surface area (Å²) in [7, 11) is 0. The van der Waals surface area contributed by atoms with Crippen molar-refractivity contribution in [1.29, 1.82) is 0 Å². The van der Waals surface area contributed by atoms with Crippen LogP contribution in [0.3, 0.4) is 0 Å². The lowest BCUT2D eigenvalue weighted by Crippen LogP contribution is -2.66. The van der Waals surface area contributed by atoms with Gasteiger partial charge in [0, 0.05) is 91.7 Å². The summed E-state index contributed by atoms with van der Waals surface area (Å²) in [4.78, 5) is 136. The molecule has 2 aliphatic heterocycles. The van der Waals surface area contributed by atoms with Gasteiger partial charge < -0.3 is 92.9 Å². The molecule has 0 bridgehead atoms. The van der Waals surface area contributed by atoms with Crippen molar-refractivity contribution in [2.45, 2.75) is 169 Å². The minimum Gasteiger partial charge on any atom is -0.463 e. The Morgan fingerprint density at radius 3 is 1.18 bits per heavy atom. The molecule has 3 rings (SSSR count). The van der Waals surface area contributed by atoms with Gasteiger partial charge in [0.25, 0.3) is 11.8 Å². The highest BCUT2D eigenvalue weighted by atomic mass is 16.7. The smallest absolute Gasteiger partial charge is 0.303 e. The van der Waals surface area contributed by atoms with Gasteiger partial charge >= 0.3 is 35.8 Å². The fourth-order valence-corrected chi connectivity index (χ4v) is 8.89. The molecule has 5 amide bonds. The Morgan fingerprint density at radius 1 is 0.437 bits per heavy atom. The highest BCUT2D eigenvalue weighted by Gasteiger charge is 2.53. The van der Waals surface area contributed by atoms with E-state index >= 15 is 0 Å². The molecule has 87 heavy (non-hydrogen) atoms. The molecule has 490 valence electrons. The first-order valence-electron chi connectivity index (χ1n) is 28.9. The van der Waals surface area contributed by atoms with Gasteiger partial charge in [0.2, 0.25) is 17.7 Å². The molecule has 30 nitrogen and oxygen atoms in total. The summed E-state index contributed by atoms with van der Waals surface area (Å²) >= 11 is 0. The average molecular weight is 1240 g/mol. The molecule has 0 aliphatic carbocycles. The van der Waals surface area contributed by atoms with Crippen molar-refractivity contribution in [3.8, 4) is 0 Å². The van der Waals surface area contributed by atoms with E-state index in [1.165, 1.54) is 45.9 Å². The predicted molar refractivity (Wildman–Crippen MR) is 301 cm³/mol. The summed E-state index contributed by atoms with van der Waals surface area (Å²) in [6, 6.07) is 2.03. The highest BCUT2D eigenvalue weighted by Crippen LogP contribution is 2.30. The molecular formula is C57H87N5O25. The lowest BCUT2D eigenvalue weighted by molar-refractivity contribution is -0.279. The number of carbonyl (C=O) groups excluding carboxylic acids is 11. The minimum absolute atomic E-state index is 0.00829. The van der Waals surface area contributed by atoms with Gasteiger partial charge in [0.05, 0.1) is 66.1 Å². The van der Waals surface area contributed by atoms with Crippen LogP contribution in [0, 0.1) is 0 Å². The van der Waals surface area contributed by atoms with Crippen molar-refractivity contribution >= 4 is 71.0 Å². The fourth-order valence-electron chi connectivity index (χ4n) is 8.89. The van der Waals surface area contributed by atoms with E-state index in [1.807, 2.05) is 0 Å². The zero-order valence-corrected chi connectivity index (χ0v) is 51.1. The highest BCUT2D eigenvalue weighted by molar-refractivity contribution is 6.02. The van der Waals surface area contributed by atoms with Crippen molar-refractivity contribution in [3.63, 3.8) is 0 Å². The van der Waals surface area contributed by atoms with Crippen molar-refractivity contribution in [1.82, 2.24) is 21.3 Å². The topological polar surface area (TPSA) is 377 Å². The number of hydrogen-bond acceptors (Lipinski definition) is 25. The first kappa shape index (κ1) is 74.3. The second-order valence-electron chi connectivity index (χ2n) is 20.0. The zero-order chi connectivity index (χ0) is 64.3. The summed E-state index contributed by atoms with van der Waals surface area (Å²) in [5.74, 6) is -6.71. The van der Waals surface area contributed by atoms with Crippen LogP contribution >= 0.6 is 0 Å². The van der Waals surface area contributed by atoms with Crippen molar-refractivity contribution in [2.75, 3.05) is 97.7 Å². The molecule has 1 aromatic rings. The van der Waals surface area contributed by atoms with Gasteiger partial charge in [0.1, 0.15) is 37.5 Å². The van der Waals surface area contributed by atoms with Crippen LogP contribution in [0.2, 0.25) is 0 Å². The molecule has 1 aromatic carbocycles. The molecule has 0 aromatic heterocycles. The number of benzene rings is 1. The third kappa shape index (κ3) is 30.0. The molecule has 5 N–H and O–H groups in total. The van der Waals surface area contributed by atoms with Crippen LogP contribution in [-0.4, -0.2) is 219 Å². The van der Waals surface area contributed by atoms with E-state index < -0.39 is 121 Å². The second kappa shape index (κ2) is 41.3. The molecule has 2 aliphatic rings. The van der Waals surface area contributed by atoms with Gasteiger partial charge in [-0.1, -0.05) is 39.0 Å². The number of ether oxygens (including phenoxy) is 14. The Morgan fingerprint density at radius 2 is 0.805 bits per heavy atom. The molecule has 2 heterocycles. The number of unbranched alkanes of at least 4 members (excludes halogenated alkanes) is 5. The quantitative estimate of drug-likeness (QED) is 0.0351. The van der Waals surface area contributed by atoms with Gasteiger partial charge in [-0.25, -0.2) is 0 Å². The van der Waals surface area contributed by atoms with Crippen molar-refractivity contribution in [2.24, 2.45) is 0 Å². The predicted octanol–water partition coefficient (Wildman–Crippen LogP) is 1.25. The Kier molecular flexibility index (Phi) is 35.3. The Labute approximate surface area is 505 Å². The third-order valence-corrected chi connectivity index (χ3v) is 12.5. The Bertz CT molecular complexity index is 2250. The summed E-state index contributed by atoms with van der Waals surface area (Å²) < 4.78 is 78.2. The normalized spacial score (nSPS) is 21.4. The van der Waals surface area contributed by atoms with Crippen molar-refractivity contribution in [3.05, 3.63) is 29.3 Å². The third-order valence-electron chi connectivity index (χ3n) is 12.5. The van der Waals surface area contributed by atoms with Crippen molar-refractivity contribution < 1.29 is 119 Å². The molecule has 2 unspecified atom stereocenters. The minimum atomic E-state index is -1.28. The maximum atomic E-state index is 13.4. The second-order valence-corrected chi connectivity index (χ2v) is 20.0. The molecule has 30 heteroatoms. The number of anilines is 1.